The van der Waals surface area contributed by atoms with E-state index in [1.165, 1.54) is 12.1 Å². The van der Waals surface area contributed by atoms with Crippen molar-refractivity contribution in [1.82, 2.24) is 0 Å². The van der Waals surface area contributed by atoms with Crippen LogP contribution < -0.4 is 0 Å². The zero-order chi connectivity index (χ0) is 15.7. The molecule has 1 aromatic rings. The smallest absolute Gasteiger partial charge is 0.387 e. The molecule has 0 spiro atoms. The van der Waals surface area contributed by atoms with Gasteiger partial charge in [0.1, 0.15) is 0 Å². The molecule has 1 nitrogen and oxygen atoms in total. The van der Waals surface area contributed by atoms with Crippen LogP contribution in [0.4, 0.5) is 26.3 Å². The second kappa shape index (κ2) is 5.63. The van der Waals surface area contributed by atoms with Crippen molar-refractivity contribution in [3.8, 4) is 0 Å². The summed E-state index contributed by atoms with van der Waals surface area (Å²) < 4.78 is 74.9. The molecule has 0 bridgehead atoms. The van der Waals surface area contributed by atoms with Crippen LogP contribution in [0, 0.1) is 5.92 Å². The van der Waals surface area contributed by atoms with E-state index in [1.54, 1.807) is 0 Å². The van der Waals surface area contributed by atoms with Crippen molar-refractivity contribution >= 4 is 0 Å². The van der Waals surface area contributed by atoms with Crippen LogP contribution in [0.5, 0.6) is 0 Å². The molecule has 1 aromatic carbocycles. The summed E-state index contributed by atoms with van der Waals surface area (Å²) in [6.45, 7) is 3.67. The minimum absolute atomic E-state index is 0.0854. The van der Waals surface area contributed by atoms with E-state index in [-0.39, 0.29) is 5.92 Å². The number of hydrogen-bond donors (Lipinski definition) is 1. The summed E-state index contributed by atoms with van der Waals surface area (Å²) in [5.41, 5.74) is 0.352. The monoisotopic (exact) mass is 300 g/mol. The highest BCUT2D eigenvalue weighted by atomic mass is 19.4. The molecule has 0 saturated carbocycles. The summed E-state index contributed by atoms with van der Waals surface area (Å²) in [7, 11) is 0. The molecule has 0 fully saturated rings. The first-order valence-electron chi connectivity index (χ1n) is 5.86. The van der Waals surface area contributed by atoms with E-state index in [9.17, 15) is 31.4 Å². The van der Waals surface area contributed by atoms with Crippen LogP contribution in [0.15, 0.2) is 24.3 Å². The Bertz CT molecular complexity index is 418. The summed E-state index contributed by atoms with van der Waals surface area (Å²) in [4.78, 5) is 0. The first kappa shape index (κ1) is 16.8. The Balaban J connectivity index is 3.10. The highest BCUT2D eigenvalue weighted by molar-refractivity contribution is 5.26. The van der Waals surface area contributed by atoms with Crippen molar-refractivity contribution in [2.45, 2.75) is 38.2 Å². The van der Waals surface area contributed by atoms with Gasteiger partial charge in [-0.3, -0.25) is 0 Å². The van der Waals surface area contributed by atoms with Gasteiger partial charge in [0.15, 0.2) is 5.92 Å². The largest absolute Gasteiger partial charge is 0.403 e. The molecule has 0 radical (unpaired) electrons. The third kappa shape index (κ3) is 3.88. The lowest BCUT2D eigenvalue weighted by atomic mass is 9.92. The lowest BCUT2D eigenvalue weighted by molar-refractivity contribution is -0.307. The molecular weight excluding hydrogens is 286 g/mol. The molecule has 0 aliphatic heterocycles. The number of aliphatic hydroxyl groups excluding tert-OH is 1. The predicted octanol–water partition coefficient (Wildman–Crippen LogP) is 4.58. The number of halogens is 6. The van der Waals surface area contributed by atoms with Crippen molar-refractivity contribution in [1.29, 1.82) is 0 Å². The number of rotatable bonds is 3. The van der Waals surface area contributed by atoms with Gasteiger partial charge in [0.25, 0.3) is 0 Å². The fourth-order valence-electron chi connectivity index (χ4n) is 1.81. The van der Waals surface area contributed by atoms with Crippen LogP contribution >= 0.6 is 0 Å². The Morgan fingerprint density at radius 1 is 0.800 bits per heavy atom. The van der Waals surface area contributed by atoms with Gasteiger partial charge in [-0.15, -0.1) is 0 Å². The van der Waals surface area contributed by atoms with Gasteiger partial charge in [-0.2, -0.15) is 26.3 Å². The molecule has 7 heteroatoms. The van der Waals surface area contributed by atoms with E-state index >= 15 is 0 Å². The Labute approximate surface area is 112 Å². The average molecular weight is 300 g/mol. The first-order valence-corrected chi connectivity index (χ1v) is 5.86. The second-order valence-electron chi connectivity index (χ2n) is 4.83. The van der Waals surface area contributed by atoms with E-state index in [2.05, 4.69) is 0 Å². The van der Waals surface area contributed by atoms with Crippen molar-refractivity contribution in [2.24, 2.45) is 5.92 Å². The predicted molar refractivity (Wildman–Crippen MR) is 61.1 cm³/mol. The molecule has 1 N–H and O–H groups in total. The van der Waals surface area contributed by atoms with Crippen molar-refractivity contribution in [3.63, 3.8) is 0 Å². The van der Waals surface area contributed by atoms with Gasteiger partial charge in [-0.05, 0) is 17.0 Å². The third-order valence-electron chi connectivity index (χ3n) is 2.97. The lowest BCUT2D eigenvalue weighted by Crippen LogP contribution is -2.40. The van der Waals surface area contributed by atoms with Crippen LogP contribution in [0.2, 0.25) is 0 Å². The molecule has 1 atom stereocenters. The minimum Gasteiger partial charge on any atom is -0.387 e. The number of alkyl halides is 6. The van der Waals surface area contributed by atoms with Gasteiger partial charge < -0.3 is 5.11 Å². The van der Waals surface area contributed by atoms with E-state index < -0.39 is 29.9 Å². The van der Waals surface area contributed by atoms with E-state index in [4.69, 9.17) is 0 Å². The van der Waals surface area contributed by atoms with E-state index in [1.807, 2.05) is 13.8 Å². The number of benzene rings is 1. The summed E-state index contributed by atoms with van der Waals surface area (Å²) in [6, 6.07) is 5.00. The van der Waals surface area contributed by atoms with Crippen molar-refractivity contribution in [3.05, 3.63) is 35.4 Å². The quantitative estimate of drug-likeness (QED) is 0.810. The fourth-order valence-corrected chi connectivity index (χ4v) is 1.81. The van der Waals surface area contributed by atoms with Gasteiger partial charge in [-0.25, -0.2) is 0 Å². The molecule has 1 rings (SSSR count). The highest BCUT2D eigenvalue weighted by Crippen LogP contribution is 2.46. The SMILES string of the molecule is CC(C)c1ccc(C(O)C(C(F)(F)F)C(F)(F)F)cc1. The molecule has 0 aromatic heterocycles. The maximum atomic E-state index is 12.5. The van der Waals surface area contributed by atoms with Gasteiger partial charge in [0.2, 0.25) is 0 Å². The Morgan fingerprint density at radius 3 is 1.45 bits per heavy atom. The normalized spacial score (nSPS) is 14.9. The molecule has 0 saturated heterocycles. The third-order valence-corrected chi connectivity index (χ3v) is 2.97. The maximum Gasteiger partial charge on any atom is 0.403 e. The highest BCUT2D eigenvalue weighted by Gasteiger charge is 2.60. The molecule has 1 unspecified atom stereocenters. The van der Waals surface area contributed by atoms with E-state index in [0.29, 0.717) is 0 Å². The molecule has 0 aliphatic rings. The van der Waals surface area contributed by atoms with Crippen LogP contribution in [0.1, 0.15) is 37.0 Å². The van der Waals surface area contributed by atoms with Gasteiger partial charge in [0, 0.05) is 0 Å². The van der Waals surface area contributed by atoms with Crippen LogP contribution in [0.25, 0.3) is 0 Å². The van der Waals surface area contributed by atoms with Crippen molar-refractivity contribution < 1.29 is 31.4 Å². The zero-order valence-electron chi connectivity index (χ0n) is 10.8. The maximum absolute atomic E-state index is 12.5. The van der Waals surface area contributed by atoms with Crippen LogP contribution in [-0.2, 0) is 0 Å². The van der Waals surface area contributed by atoms with Gasteiger partial charge in [-0.1, -0.05) is 38.1 Å². The molecular formula is C13H14F6O. The van der Waals surface area contributed by atoms with Crippen LogP contribution in [-0.4, -0.2) is 17.5 Å². The molecule has 0 aliphatic carbocycles. The van der Waals surface area contributed by atoms with Crippen molar-refractivity contribution in [2.75, 3.05) is 0 Å². The molecule has 0 heterocycles. The Kier molecular flexibility index (Phi) is 4.74. The molecule has 0 amide bonds. The summed E-state index contributed by atoms with van der Waals surface area (Å²) in [5, 5.41) is 9.44. The summed E-state index contributed by atoms with van der Waals surface area (Å²) >= 11 is 0. The first-order chi connectivity index (χ1) is 8.94. The second-order valence-corrected chi connectivity index (χ2v) is 4.83. The fraction of sp³-hybridized carbons (Fsp3) is 0.538. The topological polar surface area (TPSA) is 20.2 Å². The van der Waals surface area contributed by atoms with Gasteiger partial charge >= 0.3 is 12.4 Å². The minimum atomic E-state index is -5.56. The number of hydrogen-bond acceptors (Lipinski definition) is 1. The van der Waals surface area contributed by atoms with Crippen LogP contribution in [0.3, 0.4) is 0 Å². The summed E-state index contributed by atoms with van der Waals surface area (Å²) in [6.07, 6.45) is -13.8. The van der Waals surface area contributed by atoms with Gasteiger partial charge in [0.05, 0.1) is 6.10 Å². The molecule has 114 valence electrons. The van der Waals surface area contributed by atoms with E-state index in [0.717, 1.165) is 17.7 Å². The molecule has 20 heavy (non-hydrogen) atoms. The Hall–Kier alpha value is -1.24. The average Bonchev–Trinajstić information content (AvgIpc) is 2.25. The lowest BCUT2D eigenvalue weighted by Gasteiger charge is -2.27. The zero-order valence-corrected chi connectivity index (χ0v) is 10.8. The Morgan fingerprint density at radius 2 is 1.15 bits per heavy atom. The number of aliphatic hydroxyl groups is 1. The summed E-state index contributed by atoms with van der Waals surface area (Å²) in [5.74, 6) is -3.71. The standard InChI is InChI=1S/C13H14F6O/c1-7(2)8-3-5-9(6-4-8)10(20)11(12(14,15)16)13(17,18)19/h3-7,10-11,20H,1-2H3.